The Balaban J connectivity index is 2.49. The maximum atomic E-state index is 11.4. The molecule has 0 aromatic carbocycles. The van der Waals surface area contributed by atoms with Gasteiger partial charge in [-0.25, -0.2) is 0 Å². The Hall–Kier alpha value is -1.09. The predicted molar refractivity (Wildman–Crippen MR) is 61.2 cm³/mol. The van der Waals surface area contributed by atoms with Crippen molar-refractivity contribution in [2.24, 2.45) is 0 Å². The van der Waals surface area contributed by atoms with Crippen molar-refractivity contribution in [3.05, 3.63) is 28.5 Å². The van der Waals surface area contributed by atoms with Crippen LogP contribution < -0.4 is 5.32 Å². The Labute approximate surface area is 88.6 Å². The summed E-state index contributed by atoms with van der Waals surface area (Å²) < 4.78 is 0. The van der Waals surface area contributed by atoms with Gasteiger partial charge in [0.2, 0.25) is 5.91 Å². The highest BCUT2D eigenvalue weighted by Gasteiger charge is 2.10. The van der Waals surface area contributed by atoms with E-state index in [1.54, 1.807) is 17.4 Å². The molecule has 1 N–H and O–H groups in total. The van der Waals surface area contributed by atoms with Gasteiger partial charge >= 0.3 is 0 Å². The van der Waals surface area contributed by atoms with Crippen LogP contribution in [0.2, 0.25) is 0 Å². The molecule has 0 aliphatic rings. The third kappa shape index (κ3) is 4.23. The van der Waals surface area contributed by atoms with Crippen LogP contribution in [-0.2, 0) is 4.79 Å². The van der Waals surface area contributed by atoms with E-state index < -0.39 is 0 Å². The van der Waals surface area contributed by atoms with Crippen molar-refractivity contribution in [1.29, 1.82) is 0 Å². The van der Waals surface area contributed by atoms with Gasteiger partial charge in [-0.05, 0) is 38.3 Å². The van der Waals surface area contributed by atoms with Crippen molar-refractivity contribution in [2.45, 2.75) is 26.3 Å². The van der Waals surface area contributed by atoms with Gasteiger partial charge in [-0.15, -0.1) is 11.3 Å². The third-order valence-electron chi connectivity index (χ3n) is 1.44. The van der Waals surface area contributed by atoms with Crippen molar-refractivity contribution >= 4 is 23.3 Å². The zero-order valence-corrected chi connectivity index (χ0v) is 9.52. The minimum absolute atomic E-state index is 0.0501. The average molecular weight is 209 g/mol. The number of hydrogen-bond acceptors (Lipinski definition) is 2. The molecule has 0 radical (unpaired) electrons. The molecule has 76 valence electrons. The molecule has 3 heteroatoms. The number of carbonyl (C=O) groups is 1. The largest absolute Gasteiger partial charge is 0.348 e. The zero-order chi connectivity index (χ0) is 10.6. The molecule has 0 fully saturated rings. The molecule has 0 aliphatic heterocycles. The molecule has 0 atom stereocenters. The van der Waals surface area contributed by atoms with Gasteiger partial charge in [0.25, 0.3) is 0 Å². The quantitative estimate of drug-likeness (QED) is 0.745. The highest BCUT2D eigenvalue weighted by molar-refractivity contribution is 7.10. The summed E-state index contributed by atoms with van der Waals surface area (Å²) in [7, 11) is 0. The number of thiophene rings is 1. The molecule has 0 saturated heterocycles. The van der Waals surface area contributed by atoms with Crippen LogP contribution >= 0.6 is 11.3 Å². The van der Waals surface area contributed by atoms with Crippen molar-refractivity contribution < 1.29 is 4.79 Å². The number of rotatable bonds is 2. The lowest BCUT2D eigenvalue weighted by molar-refractivity contribution is -0.117. The van der Waals surface area contributed by atoms with Gasteiger partial charge in [0.15, 0.2) is 0 Å². The van der Waals surface area contributed by atoms with E-state index in [-0.39, 0.29) is 11.4 Å². The topological polar surface area (TPSA) is 29.1 Å². The van der Waals surface area contributed by atoms with Gasteiger partial charge < -0.3 is 5.32 Å². The summed E-state index contributed by atoms with van der Waals surface area (Å²) in [6.45, 7) is 5.89. The summed E-state index contributed by atoms with van der Waals surface area (Å²) >= 11 is 1.62. The number of amides is 1. The van der Waals surface area contributed by atoms with Crippen molar-refractivity contribution in [1.82, 2.24) is 5.32 Å². The van der Waals surface area contributed by atoms with Crippen molar-refractivity contribution in [2.75, 3.05) is 0 Å². The fourth-order valence-electron chi connectivity index (χ4n) is 0.955. The van der Waals surface area contributed by atoms with Crippen LogP contribution in [0.15, 0.2) is 23.6 Å². The first-order valence-electron chi connectivity index (χ1n) is 4.51. The van der Waals surface area contributed by atoms with Crippen LogP contribution in [0.3, 0.4) is 0 Å². The first kappa shape index (κ1) is 11.0. The van der Waals surface area contributed by atoms with E-state index in [1.807, 2.05) is 44.4 Å². The lowest BCUT2D eigenvalue weighted by Gasteiger charge is -2.18. The summed E-state index contributed by atoms with van der Waals surface area (Å²) in [5, 5.41) is 4.85. The summed E-state index contributed by atoms with van der Waals surface area (Å²) in [5.74, 6) is -0.0501. The standard InChI is InChI=1S/C11H15NOS/c1-11(2,3)12-10(13)7-6-9-5-4-8-14-9/h4-8H,1-3H3,(H,12,13)/b7-6+. The Morgan fingerprint density at radius 2 is 2.21 bits per heavy atom. The van der Waals surface area contributed by atoms with E-state index in [9.17, 15) is 4.79 Å². The Bertz CT molecular complexity index is 320. The van der Waals surface area contributed by atoms with Gasteiger partial charge in [0.1, 0.15) is 0 Å². The average Bonchev–Trinajstić information content (AvgIpc) is 2.49. The maximum Gasteiger partial charge on any atom is 0.244 e. The molecule has 0 unspecified atom stereocenters. The molecule has 1 aromatic heterocycles. The summed E-state index contributed by atoms with van der Waals surface area (Å²) in [5.41, 5.74) is -0.170. The van der Waals surface area contributed by atoms with Gasteiger partial charge in [-0.1, -0.05) is 6.07 Å². The summed E-state index contributed by atoms with van der Waals surface area (Å²) in [6, 6.07) is 3.94. The lowest BCUT2D eigenvalue weighted by Crippen LogP contribution is -2.39. The predicted octanol–water partition coefficient (Wildman–Crippen LogP) is 2.68. The first-order valence-corrected chi connectivity index (χ1v) is 5.39. The molecule has 1 aromatic rings. The van der Waals surface area contributed by atoms with Crippen LogP contribution in [0.1, 0.15) is 25.6 Å². The van der Waals surface area contributed by atoms with E-state index in [2.05, 4.69) is 5.32 Å². The van der Waals surface area contributed by atoms with Crippen molar-refractivity contribution in [3.8, 4) is 0 Å². The fraction of sp³-hybridized carbons (Fsp3) is 0.364. The highest BCUT2D eigenvalue weighted by atomic mass is 32.1. The van der Waals surface area contributed by atoms with Crippen LogP contribution in [0, 0.1) is 0 Å². The van der Waals surface area contributed by atoms with Crippen LogP contribution in [0.4, 0.5) is 0 Å². The van der Waals surface area contributed by atoms with Gasteiger partial charge in [-0.2, -0.15) is 0 Å². The van der Waals surface area contributed by atoms with Crippen molar-refractivity contribution in [3.63, 3.8) is 0 Å². The van der Waals surface area contributed by atoms with Crippen LogP contribution in [0.25, 0.3) is 6.08 Å². The summed E-state index contributed by atoms with van der Waals surface area (Å²) in [6.07, 6.45) is 3.39. The Kier molecular flexibility index (Phi) is 3.47. The highest BCUT2D eigenvalue weighted by Crippen LogP contribution is 2.10. The van der Waals surface area contributed by atoms with Gasteiger partial charge in [-0.3, -0.25) is 4.79 Å². The molecule has 0 aliphatic carbocycles. The Morgan fingerprint density at radius 3 is 2.71 bits per heavy atom. The van der Waals surface area contributed by atoms with Gasteiger partial charge in [0, 0.05) is 16.5 Å². The third-order valence-corrected chi connectivity index (χ3v) is 2.28. The molecule has 0 bridgehead atoms. The molecular weight excluding hydrogens is 194 g/mol. The zero-order valence-electron chi connectivity index (χ0n) is 8.70. The molecular formula is C11H15NOS. The molecule has 1 amide bonds. The lowest BCUT2D eigenvalue weighted by atomic mass is 10.1. The second-order valence-corrected chi connectivity index (χ2v) is 5.07. The Morgan fingerprint density at radius 1 is 1.50 bits per heavy atom. The fourth-order valence-corrected chi connectivity index (χ4v) is 1.57. The molecule has 2 nitrogen and oxygen atoms in total. The van der Waals surface area contributed by atoms with E-state index in [0.717, 1.165) is 4.88 Å². The van der Waals surface area contributed by atoms with E-state index in [4.69, 9.17) is 0 Å². The first-order chi connectivity index (χ1) is 6.47. The van der Waals surface area contributed by atoms with Crippen LogP contribution in [-0.4, -0.2) is 11.4 Å². The second-order valence-electron chi connectivity index (χ2n) is 4.09. The minimum atomic E-state index is -0.170. The van der Waals surface area contributed by atoms with Gasteiger partial charge in [0.05, 0.1) is 0 Å². The number of nitrogens with one attached hydrogen (secondary N) is 1. The minimum Gasteiger partial charge on any atom is -0.348 e. The molecule has 0 saturated carbocycles. The normalized spacial score (nSPS) is 11.9. The maximum absolute atomic E-state index is 11.4. The van der Waals surface area contributed by atoms with E-state index in [1.165, 1.54) is 0 Å². The van der Waals surface area contributed by atoms with Crippen LogP contribution in [0.5, 0.6) is 0 Å². The SMILES string of the molecule is CC(C)(C)NC(=O)/C=C/c1cccs1. The number of hydrogen-bond donors (Lipinski definition) is 1. The molecule has 0 spiro atoms. The van der Waals surface area contributed by atoms with E-state index >= 15 is 0 Å². The molecule has 1 heterocycles. The molecule has 14 heavy (non-hydrogen) atoms. The second kappa shape index (κ2) is 4.42. The monoisotopic (exact) mass is 209 g/mol. The summed E-state index contributed by atoms with van der Waals surface area (Å²) in [4.78, 5) is 12.5. The smallest absolute Gasteiger partial charge is 0.244 e. The number of carbonyl (C=O) groups excluding carboxylic acids is 1. The van der Waals surface area contributed by atoms with E-state index in [0.29, 0.717) is 0 Å². The molecule has 1 rings (SSSR count).